The van der Waals surface area contributed by atoms with Crippen molar-refractivity contribution in [2.45, 2.75) is 71.0 Å². The van der Waals surface area contributed by atoms with Crippen molar-refractivity contribution in [3.63, 3.8) is 0 Å². The van der Waals surface area contributed by atoms with Crippen molar-refractivity contribution in [2.24, 2.45) is 0 Å². The van der Waals surface area contributed by atoms with E-state index < -0.39 is 0 Å². The van der Waals surface area contributed by atoms with Crippen LogP contribution in [0.15, 0.2) is 0 Å². The smallest absolute Gasteiger partial charge is 0.159 e. The number of hydrogen-bond donors (Lipinski definition) is 0. The highest BCUT2D eigenvalue weighted by molar-refractivity contribution is 4.46. The van der Waals surface area contributed by atoms with Crippen LogP contribution in [0, 0.1) is 0 Å². The summed E-state index contributed by atoms with van der Waals surface area (Å²) in [6.07, 6.45) is 11.4. The Morgan fingerprint density at radius 3 is 1.83 bits per heavy atom. The fraction of sp³-hybridized carbons (Fsp3) is 1.00. The maximum absolute atomic E-state index is 5.55. The minimum atomic E-state index is -0.122. The monoisotopic (exact) mass is 260 g/mol. The Bertz CT molecular complexity index is 147. The van der Waals surface area contributed by atoms with Gasteiger partial charge in [0.2, 0.25) is 0 Å². The maximum Gasteiger partial charge on any atom is 0.159 e. The Labute approximate surface area is 113 Å². The molecule has 0 saturated carbocycles. The Balaban J connectivity index is 3.03. The molecule has 0 saturated heterocycles. The number of hydrogen-bond acceptors (Lipinski definition) is 3. The Morgan fingerprint density at radius 1 is 0.722 bits per heavy atom. The minimum Gasteiger partial charge on any atom is -0.381 e. The Morgan fingerprint density at radius 2 is 1.28 bits per heavy atom. The van der Waals surface area contributed by atoms with Crippen LogP contribution in [0.3, 0.4) is 0 Å². The van der Waals surface area contributed by atoms with E-state index in [1.165, 1.54) is 51.4 Å². The summed E-state index contributed by atoms with van der Waals surface area (Å²) in [7, 11) is 3.32. The van der Waals surface area contributed by atoms with Gasteiger partial charge in [0.25, 0.3) is 0 Å². The molecule has 0 bridgehead atoms. The first-order chi connectivity index (χ1) is 8.85. The van der Waals surface area contributed by atoms with Crippen LogP contribution in [-0.2, 0) is 14.2 Å². The molecule has 0 aromatic carbocycles. The summed E-state index contributed by atoms with van der Waals surface area (Å²) < 4.78 is 15.7. The molecule has 0 radical (unpaired) electrons. The van der Waals surface area contributed by atoms with E-state index in [-0.39, 0.29) is 6.29 Å². The fourth-order valence-electron chi connectivity index (χ4n) is 1.95. The molecule has 0 aromatic heterocycles. The van der Waals surface area contributed by atoms with Crippen molar-refractivity contribution in [3.8, 4) is 0 Å². The molecule has 3 nitrogen and oxygen atoms in total. The zero-order chi connectivity index (χ0) is 13.5. The van der Waals surface area contributed by atoms with Crippen LogP contribution in [-0.4, -0.2) is 33.7 Å². The van der Waals surface area contributed by atoms with Gasteiger partial charge in [-0.3, -0.25) is 0 Å². The van der Waals surface area contributed by atoms with E-state index in [9.17, 15) is 0 Å². The predicted octanol–water partition coefficient (Wildman–Crippen LogP) is 4.15. The molecule has 0 heterocycles. The third-order valence-corrected chi connectivity index (χ3v) is 3.17. The number of ether oxygens (including phenoxy) is 3. The summed E-state index contributed by atoms with van der Waals surface area (Å²) in [6.45, 7) is 3.85. The zero-order valence-corrected chi connectivity index (χ0v) is 12.6. The van der Waals surface area contributed by atoms with E-state index in [4.69, 9.17) is 14.2 Å². The molecule has 0 rings (SSSR count). The molecule has 0 aromatic rings. The molecule has 0 aliphatic carbocycles. The van der Waals surface area contributed by atoms with Crippen molar-refractivity contribution in [1.29, 1.82) is 0 Å². The predicted molar refractivity (Wildman–Crippen MR) is 75.9 cm³/mol. The molecule has 0 aliphatic heterocycles. The molecule has 3 heteroatoms. The zero-order valence-electron chi connectivity index (χ0n) is 12.6. The average molecular weight is 260 g/mol. The third kappa shape index (κ3) is 12.3. The van der Waals surface area contributed by atoms with E-state index in [1.807, 2.05) is 0 Å². The number of unbranched alkanes of at least 4 members (excludes halogenated alkanes) is 7. The van der Waals surface area contributed by atoms with E-state index in [0.29, 0.717) is 0 Å². The van der Waals surface area contributed by atoms with Crippen molar-refractivity contribution in [3.05, 3.63) is 0 Å². The standard InChI is InChI=1S/C15H32O3/c1-4-5-6-7-8-9-10-11-13-18-14-12-15(16-2)17-3/h15H,4-14H2,1-3H3. The molecule has 0 N–H and O–H groups in total. The van der Waals surface area contributed by atoms with E-state index >= 15 is 0 Å². The van der Waals surface area contributed by atoms with Crippen molar-refractivity contribution < 1.29 is 14.2 Å². The van der Waals surface area contributed by atoms with Crippen LogP contribution >= 0.6 is 0 Å². The minimum absolute atomic E-state index is 0.122. The lowest BCUT2D eigenvalue weighted by Crippen LogP contribution is -2.15. The molecule has 0 atom stereocenters. The Kier molecular flexibility index (Phi) is 14.8. The number of methoxy groups -OCH3 is 2. The highest BCUT2D eigenvalue weighted by atomic mass is 16.7. The molecule has 110 valence electrons. The fourth-order valence-corrected chi connectivity index (χ4v) is 1.95. The third-order valence-electron chi connectivity index (χ3n) is 3.17. The van der Waals surface area contributed by atoms with Gasteiger partial charge in [0.15, 0.2) is 6.29 Å². The topological polar surface area (TPSA) is 27.7 Å². The first-order valence-electron chi connectivity index (χ1n) is 7.48. The SMILES string of the molecule is CCCCCCCCCCOCCC(OC)OC. The number of rotatable bonds is 14. The second kappa shape index (κ2) is 14.9. The van der Waals surface area contributed by atoms with Gasteiger partial charge in [0.1, 0.15) is 0 Å². The van der Waals surface area contributed by atoms with Gasteiger partial charge in [0, 0.05) is 27.2 Å². The quantitative estimate of drug-likeness (QED) is 0.347. The van der Waals surface area contributed by atoms with Gasteiger partial charge in [-0.15, -0.1) is 0 Å². The second-order valence-corrected chi connectivity index (χ2v) is 4.78. The van der Waals surface area contributed by atoms with Crippen LogP contribution in [0.1, 0.15) is 64.7 Å². The molecule has 0 amide bonds. The van der Waals surface area contributed by atoms with Crippen LogP contribution < -0.4 is 0 Å². The highest BCUT2D eigenvalue weighted by Crippen LogP contribution is 2.08. The van der Waals surface area contributed by atoms with Crippen molar-refractivity contribution in [2.75, 3.05) is 27.4 Å². The van der Waals surface area contributed by atoms with E-state index in [1.54, 1.807) is 14.2 Å². The lowest BCUT2D eigenvalue weighted by Gasteiger charge is -2.12. The normalized spacial score (nSPS) is 11.3. The molecule has 0 fully saturated rings. The van der Waals surface area contributed by atoms with Crippen molar-refractivity contribution >= 4 is 0 Å². The van der Waals surface area contributed by atoms with Gasteiger partial charge >= 0.3 is 0 Å². The van der Waals surface area contributed by atoms with Crippen LogP contribution in [0.25, 0.3) is 0 Å². The molecule has 0 spiro atoms. The van der Waals surface area contributed by atoms with Gasteiger partial charge in [-0.25, -0.2) is 0 Å². The molecule has 0 unspecified atom stereocenters. The van der Waals surface area contributed by atoms with Gasteiger partial charge in [-0.2, -0.15) is 0 Å². The van der Waals surface area contributed by atoms with Gasteiger partial charge in [-0.1, -0.05) is 51.9 Å². The van der Waals surface area contributed by atoms with Gasteiger partial charge in [0.05, 0.1) is 6.61 Å². The second-order valence-electron chi connectivity index (χ2n) is 4.78. The highest BCUT2D eigenvalue weighted by Gasteiger charge is 2.03. The first-order valence-corrected chi connectivity index (χ1v) is 7.48. The summed E-state index contributed by atoms with van der Waals surface area (Å²) in [6, 6.07) is 0. The first kappa shape index (κ1) is 17.9. The summed E-state index contributed by atoms with van der Waals surface area (Å²) in [5.74, 6) is 0. The van der Waals surface area contributed by atoms with E-state index in [0.717, 1.165) is 19.6 Å². The summed E-state index contributed by atoms with van der Waals surface area (Å²) in [5, 5.41) is 0. The van der Waals surface area contributed by atoms with Crippen LogP contribution in [0.5, 0.6) is 0 Å². The Hall–Kier alpha value is -0.120. The van der Waals surface area contributed by atoms with Crippen LogP contribution in [0.2, 0.25) is 0 Å². The van der Waals surface area contributed by atoms with Gasteiger partial charge < -0.3 is 14.2 Å². The van der Waals surface area contributed by atoms with E-state index in [2.05, 4.69) is 6.92 Å². The lowest BCUT2D eigenvalue weighted by atomic mass is 10.1. The molecular formula is C15H32O3. The average Bonchev–Trinajstić information content (AvgIpc) is 2.40. The summed E-state index contributed by atoms with van der Waals surface area (Å²) >= 11 is 0. The van der Waals surface area contributed by atoms with Crippen molar-refractivity contribution in [1.82, 2.24) is 0 Å². The molecular weight excluding hydrogens is 228 g/mol. The molecule has 18 heavy (non-hydrogen) atoms. The van der Waals surface area contributed by atoms with Gasteiger partial charge in [-0.05, 0) is 6.42 Å². The summed E-state index contributed by atoms with van der Waals surface area (Å²) in [4.78, 5) is 0. The maximum atomic E-state index is 5.55. The molecule has 0 aliphatic rings. The largest absolute Gasteiger partial charge is 0.381 e. The lowest BCUT2D eigenvalue weighted by molar-refractivity contribution is -0.115. The summed E-state index contributed by atoms with van der Waals surface area (Å²) in [5.41, 5.74) is 0. The van der Waals surface area contributed by atoms with Crippen LogP contribution in [0.4, 0.5) is 0 Å².